The molecule has 1 saturated carbocycles. The van der Waals surface area contributed by atoms with Gasteiger partial charge in [0, 0.05) is 37.1 Å². The number of carbonyl (C=O) groups excluding carboxylic acids is 1. The fourth-order valence-corrected chi connectivity index (χ4v) is 5.11. The number of carbonyl (C=O) groups is 1. The van der Waals surface area contributed by atoms with Crippen LogP contribution < -0.4 is 15.1 Å². The molecule has 1 heterocycles. The average Bonchev–Trinajstić information content (AvgIpc) is 3.49. The van der Waals surface area contributed by atoms with Crippen LogP contribution in [0.1, 0.15) is 43.6 Å². The molecule has 3 aromatic carbocycles. The molecule has 0 saturated heterocycles. The van der Waals surface area contributed by atoms with Gasteiger partial charge in [-0.05, 0) is 59.9 Å². The average molecular weight is 509 g/mol. The summed E-state index contributed by atoms with van der Waals surface area (Å²) in [5.41, 5.74) is 6.48. The summed E-state index contributed by atoms with van der Waals surface area (Å²) < 4.78 is 5.35. The number of aromatic nitrogens is 1. The summed E-state index contributed by atoms with van der Waals surface area (Å²) in [5.74, 6) is 0.932. The smallest absolute Gasteiger partial charge is 0.230 e. The summed E-state index contributed by atoms with van der Waals surface area (Å²) >= 11 is 0. The predicted octanol–water partition coefficient (Wildman–Crippen LogP) is 7.13. The molecule has 38 heavy (non-hydrogen) atoms. The third-order valence-electron chi connectivity index (χ3n) is 7.32. The van der Waals surface area contributed by atoms with E-state index < -0.39 is 0 Å². The van der Waals surface area contributed by atoms with Gasteiger partial charge in [0.15, 0.2) is 0 Å². The van der Waals surface area contributed by atoms with E-state index in [1.807, 2.05) is 43.3 Å². The van der Waals surface area contributed by atoms with Crippen LogP contribution in [0.2, 0.25) is 0 Å². The maximum Gasteiger partial charge on any atom is 0.230 e. The number of nitrogens with one attached hydrogen (secondary N) is 1. The van der Waals surface area contributed by atoms with Gasteiger partial charge in [0.1, 0.15) is 6.26 Å². The van der Waals surface area contributed by atoms with Crippen molar-refractivity contribution in [3.05, 3.63) is 96.7 Å². The Morgan fingerprint density at radius 2 is 1.63 bits per heavy atom. The highest BCUT2D eigenvalue weighted by atomic mass is 16.3. The normalized spacial score (nSPS) is 13.7. The Morgan fingerprint density at radius 1 is 0.921 bits per heavy atom. The van der Waals surface area contributed by atoms with Crippen LogP contribution >= 0.6 is 0 Å². The minimum atomic E-state index is 0.0853. The van der Waals surface area contributed by atoms with Gasteiger partial charge in [0.05, 0.1) is 19.3 Å². The first-order chi connectivity index (χ1) is 18.6. The van der Waals surface area contributed by atoms with Crippen LogP contribution in [0.25, 0.3) is 11.1 Å². The molecular formula is C32H36N4O2. The Labute approximate surface area is 225 Å². The quantitative estimate of drug-likeness (QED) is 0.260. The molecule has 1 aliphatic carbocycles. The van der Waals surface area contributed by atoms with E-state index in [1.54, 1.807) is 12.5 Å². The molecule has 0 unspecified atom stereocenters. The van der Waals surface area contributed by atoms with Crippen LogP contribution in [0.15, 0.2) is 89.7 Å². The van der Waals surface area contributed by atoms with Crippen molar-refractivity contribution in [2.24, 2.45) is 5.92 Å². The molecule has 1 N–H and O–H groups in total. The first-order valence-corrected chi connectivity index (χ1v) is 13.5. The van der Waals surface area contributed by atoms with E-state index in [0.29, 0.717) is 19.0 Å². The Kier molecular flexibility index (Phi) is 8.07. The summed E-state index contributed by atoms with van der Waals surface area (Å²) in [6.45, 7) is 1.03. The van der Waals surface area contributed by atoms with Crippen LogP contribution in [0.4, 0.5) is 17.1 Å². The van der Waals surface area contributed by atoms with Crippen molar-refractivity contribution in [1.82, 2.24) is 4.98 Å². The van der Waals surface area contributed by atoms with Gasteiger partial charge in [0.2, 0.25) is 11.8 Å². The van der Waals surface area contributed by atoms with Gasteiger partial charge in [0.25, 0.3) is 0 Å². The minimum Gasteiger partial charge on any atom is -0.447 e. The summed E-state index contributed by atoms with van der Waals surface area (Å²) in [7, 11) is 4.10. The summed E-state index contributed by atoms with van der Waals surface area (Å²) in [4.78, 5) is 22.1. The lowest BCUT2D eigenvalue weighted by molar-refractivity contribution is -0.123. The van der Waals surface area contributed by atoms with Crippen molar-refractivity contribution in [1.29, 1.82) is 0 Å². The van der Waals surface area contributed by atoms with Crippen molar-refractivity contribution < 1.29 is 9.21 Å². The standard InChI is InChI=1S/C32H36N4O2/c1-35(2)29-17-15-26(16-18-29)25-13-11-24(12-14-25)23-36(32(37)27-7-4-3-5-8-27)30-10-6-9-28(21-30)34-22-31-33-19-20-38-31/h6,9-21,27,34H,3-5,7-8,22-23H2,1-2H3. The van der Waals surface area contributed by atoms with Gasteiger partial charge in [-0.15, -0.1) is 0 Å². The lowest BCUT2D eigenvalue weighted by Gasteiger charge is -2.30. The second-order valence-corrected chi connectivity index (χ2v) is 10.2. The number of nitrogens with zero attached hydrogens (tertiary/aromatic N) is 3. The monoisotopic (exact) mass is 508 g/mol. The number of anilines is 3. The van der Waals surface area contributed by atoms with Crippen LogP contribution in [-0.4, -0.2) is 25.0 Å². The largest absolute Gasteiger partial charge is 0.447 e. The number of rotatable bonds is 9. The summed E-state index contributed by atoms with van der Waals surface area (Å²) in [6.07, 6.45) is 8.64. The number of oxazole rings is 1. The molecule has 5 rings (SSSR count). The number of benzene rings is 3. The number of hydrogen-bond donors (Lipinski definition) is 1. The van der Waals surface area contributed by atoms with Gasteiger partial charge in [-0.1, -0.05) is 61.7 Å². The van der Waals surface area contributed by atoms with Crippen molar-refractivity contribution in [2.45, 2.75) is 45.2 Å². The molecule has 4 aromatic rings. The summed E-state index contributed by atoms with van der Waals surface area (Å²) in [6, 6.07) is 25.2. The lowest BCUT2D eigenvalue weighted by atomic mass is 9.88. The molecule has 1 aliphatic rings. The van der Waals surface area contributed by atoms with Crippen LogP contribution in [0.3, 0.4) is 0 Å². The molecule has 0 spiro atoms. The maximum atomic E-state index is 13.8. The van der Waals surface area contributed by atoms with Gasteiger partial charge in [-0.3, -0.25) is 4.79 Å². The minimum absolute atomic E-state index is 0.0853. The fraction of sp³-hybridized carbons (Fsp3) is 0.312. The molecule has 0 atom stereocenters. The third kappa shape index (κ3) is 6.25. The Balaban J connectivity index is 1.36. The molecule has 1 aromatic heterocycles. The molecule has 0 aliphatic heterocycles. The highest BCUT2D eigenvalue weighted by Gasteiger charge is 2.27. The van der Waals surface area contributed by atoms with E-state index in [2.05, 4.69) is 63.7 Å². The zero-order chi connectivity index (χ0) is 26.3. The van der Waals surface area contributed by atoms with Crippen LogP contribution in [0, 0.1) is 5.92 Å². The second-order valence-electron chi connectivity index (χ2n) is 10.2. The van der Waals surface area contributed by atoms with Gasteiger partial charge in [-0.25, -0.2) is 4.98 Å². The second kappa shape index (κ2) is 12.0. The molecule has 196 valence electrons. The molecule has 6 nitrogen and oxygen atoms in total. The Bertz CT molecular complexity index is 1310. The summed E-state index contributed by atoms with van der Waals surface area (Å²) in [5, 5.41) is 3.36. The first-order valence-electron chi connectivity index (χ1n) is 13.5. The van der Waals surface area contributed by atoms with Gasteiger partial charge < -0.3 is 19.5 Å². The van der Waals surface area contributed by atoms with E-state index in [0.717, 1.165) is 42.6 Å². The molecule has 1 fully saturated rings. The van der Waals surface area contributed by atoms with E-state index >= 15 is 0 Å². The molecule has 1 amide bonds. The Hall–Kier alpha value is -4.06. The maximum absolute atomic E-state index is 13.8. The zero-order valence-corrected chi connectivity index (χ0v) is 22.3. The van der Waals surface area contributed by atoms with Crippen molar-refractivity contribution in [3.63, 3.8) is 0 Å². The molecule has 0 bridgehead atoms. The van der Waals surface area contributed by atoms with Crippen molar-refractivity contribution in [3.8, 4) is 11.1 Å². The van der Waals surface area contributed by atoms with E-state index in [1.165, 1.54) is 23.2 Å². The molecular weight excluding hydrogens is 472 g/mol. The molecule has 6 heteroatoms. The van der Waals surface area contributed by atoms with Crippen LogP contribution in [0.5, 0.6) is 0 Å². The third-order valence-corrected chi connectivity index (χ3v) is 7.32. The SMILES string of the molecule is CN(C)c1ccc(-c2ccc(CN(C(=O)C3CCCCC3)c3cccc(NCc4ncco4)c3)cc2)cc1. The highest BCUT2D eigenvalue weighted by Crippen LogP contribution is 2.30. The van der Waals surface area contributed by atoms with Crippen molar-refractivity contribution in [2.75, 3.05) is 29.2 Å². The van der Waals surface area contributed by atoms with E-state index in [9.17, 15) is 4.79 Å². The topological polar surface area (TPSA) is 61.6 Å². The van der Waals surface area contributed by atoms with Crippen LogP contribution in [-0.2, 0) is 17.9 Å². The number of amides is 1. The lowest BCUT2D eigenvalue weighted by Crippen LogP contribution is -2.36. The van der Waals surface area contributed by atoms with Gasteiger partial charge in [-0.2, -0.15) is 0 Å². The predicted molar refractivity (Wildman–Crippen MR) is 154 cm³/mol. The zero-order valence-electron chi connectivity index (χ0n) is 22.3. The van der Waals surface area contributed by atoms with E-state index in [-0.39, 0.29) is 11.8 Å². The first kappa shape index (κ1) is 25.6. The molecule has 0 radical (unpaired) electrons. The van der Waals surface area contributed by atoms with E-state index in [4.69, 9.17) is 4.42 Å². The number of hydrogen-bond acceptors (Lipinski definition) is 5. The van der Waals surface area contributed by atoms with Gasteiger partial charge >= 0.3 is 0 Å². The van der Waals surface area contributed by atoms with Crippen molar-refractivity contribution >= 4 is 23.0 Å². The highest BCUT2D eigenvalue weighted by molar-refractivity contribution is 5.95. The Morgan fingerprint density at radius 3 is 2.29 bits per heavy atom. The fourth-order valence-electron chi connectivity index (χ4n) is 5.11.